The van der Waals surface area contributed by atoms with E-state index in [0.29, 0.717) is 12.2 Å². The largest absolute Gasteiger partial charge is 0.416 e. The quantitative estimate of drug-likeness (QED) is 0.833. The Morgan fingerprint density at radius 3 is 2.61 bits per heavy atom. The van der Waals surface area contributed by atoms with Gasteiger partial charge in [0, 0.05) is 30.9 Å². The lowest BCUT2D eigenvalue weighted by molar-refractivity contribution is -0.137. The molecule has 1 aromatic rings. The van der Waals surface area contributed by atoms with Crippen molar-refractivity contribution < 1.29 is 13.2 Å². The van der Waals surface area contributed by atoms with Gasteiger partial charge in [0.05, 0.1) is 5.56 Å². The predicted molar refractivity (Wildman–Crippen MR) is 65.7 cm³/mol. The van der Waals surface area contributed by atoms with Crippen LogP contribution in [0.15, 0.2) is 24.3 Å². The highest BCUT2D eigenvalue weighted by Crippen LogP contribution is 2.32. The molecule has 1 fully saturated rings. The monoisotopic (exact) mass is 258 g/mol. The van der Waals surface area contributed by atoms with Crippen LogP contribution in [0.25, 0.3) is 0 Å². The van der Waals surface area contributed by atoms with Crippen molar-refractivity contribution in [2.45, 2.75) is 25.6 Å². The molecule has 2 rings (SSSR count). The first kappa shape index (κ1) is 13.2. The van der Waals surface area contributed by atoms with Crippen LogP contribution >= 0.6 is 0 Å². The zero-order valence-electron chi connectivity index (χ0n) is 10.5. The minimum absolute atomic E-state index is 0.0769. The molecule has 100 valence electrons. The van der Waals surface area contributed by atoms with Gasteiger partial charge in [-0.2, -0.15) is 13.2 Å². The van der Waals surface area contributed by atoms with Crippen LogP contribution < -0.4 is 10.2 Å². The fourth-order valence-corrected chi connectivity index (χ4v) is 2.24. The lowest BCUT2D eigenvalue weighted by Crippen LogP contribution is -2.57. The molecule has 1 N–H and O–H groups in total. The van der Waals surface area contributed by atoms with Crippen molar-refractivity contribution in [2.24, 2.45) is 0 Å². The van der Waals surface area contributed by atoms with E-state index in [0.717, 1.165) is 19.2 Å². The molecular formula is C13H17F3N2. The van der Waals surface area contributed by atoms with Crippen LogP contribution in [-0.4, -0.2) is 25.2 Å². The van der Waals surface area contributed by atoms with Crippen LogP contribution in [0.2, 0.25) is 0 Å². The minimum Gasteiger partial charge on any atom is -0.368 e. The molecule has 0 radical (unpaired) electrons. The number of benzene rings is 1. The molecule has 1 aromatic carbocycles. The van der Waals surface area contributed by atoms with E-state index in [2.05, 4.69) is 5.32 Å². The van der Waals surface area contributed by atoms with Crippen molar-refractivity contribution in [3.8, 4) is 0 Å². The van der Waals surface area contributed by atoms with Crippen LogP contribution in [0.3, 0.4) is 0 Å². The van der Waals surface area contributed by atoms with Crippen LogP contribution in [0.5, 0.6) is 0 Å². The molecule has 18 heavy (non-hydrogen) atoms. The van der Waals surface area contributed by atoms with Crippen molar-refractivity contribution in [2.75, 3.05) is 24.5 Å². The van der Waals surface area contributed by atoms with E-state index in [1.165, 1.54) is 12.1 Å². The summed E-state index contributed by atoms with van der Waals surface area (Å²) in [7, 11) is 0. The fourth-order valence-electron chi connectivity index (χ4n) is 2.24. The van der Waals surface area contributed by atoms with Crippen molar-refractivity contribution in [3.05, 3.63) is 29.8 Å². The standard InChI is InChI=1S/C13H17F3N2/c1-12(2)9-18(7-6-17-12)11-5-3-4-10(8-11)13(14,15)16/h3-5,8,17H,6-7,9H2,1-2H3. The van der Waals surface area contributed by atoms with Crippen LogP contribution in [0.1, 0.15) is 19.4 Å². The first-order chi connectivity index (χ1) is 8.28. The summed E-state index contributed by atoms with van der Waals surface area (Å²) in [5, 5.41) is 3.34. The van der Waals surface area contributed by atoms with Gasteiger partial charge in [0.25, 0.3) is 0 Å². The van der Waals surface area contributed by atoms with Gasteiger partial charge in [-0.3, -0.25) is 0 Å². The topological polar surface area (TPSA) is 15.3 Å². The van der Waals surface area contributed by atoms with E-state index >= 15 is 0 Å². The molecule has 1 aliphatic rings. The van der Waals surface area contributed by atoms with Gasteiger partial charge in [-0.25, -0.2) is 0 Å². The van der Waals surface area contributed by atoms with Gasteiger partial charge in [-0.15, -0.1) is 0 Å². The minimum atomic E-state index is -4.28. The zero-order chi connectivity index (χ0) is 13.4. The molecule has 0 aromatic heterocycles. The van der Waals surface area contributed by atoms with E-state index in [1.807, 2.05) is 18.7 Å². The second kappa shape index (κ2) is 4.46. The molecule has 0 aliphatic carbocycles. The maximum atomic E-state index is 12.7. The summed E-state index contributed by atoms with van der Waals surface area (Å²) in [5.74, 6) is 0. The molecule has 5 heteroatoms. The second-order valence-corrected chi connectivity index (χ2v) is 5.28. The number of alkyl halides is 3. The number of anilines is 1. The first-order valence-corrected chi connectivity index (χ1v) is 5.95. The Morgan fingerprint density at radius 1 is 1.28 bits per heavy atom. The Labute approximate surface area is 105 Å². The molecule has 1 heterocycles. The molecule has 1 saturated heterocycles. The fraction of sp³-hybridized carbons (Fsp3) is 0.538. The average Bonchev–Trinajstić information content (AvgIpc) is 2.27. The van der Waals surface area contributed by atoms with Crippen molar-refractivity contribution in [3.63, 3.8) is 0 Å². The van der Waals surface area contributed by atoms with E-state index in [-0.39, 0.29) is 5.54 Å². The normalized spacial score (nSPS) is 19.9. The molecule has 0 unspecified atom stereocenters. The average molecular weight is 258 g/mol. The van der Waals surface area contributed by atoms with Crippen LogP contribution in [0.4, 0.5) is 18.9 Å². The highest BCUT2D eigenvalue weighted by molar-refractivity contribution is 5.50. The Morgan fingerprint density at radius 2 is 2.00 bits per heavy atom. The van der Waals surface area contributed by atoms with Gasteiger partial charge in [0.1, 0.15) is 0 Å². The highest BCUT2D eigenvalue weighted by Gasteiger charge is 2.32. The lowest BCUT2D eigenvalue weighted by Gasteiger charge is -2.40. The summed E-state index contributed by atoms with van der Waals surface area (Å²) in [4.78, 5) is 1.99. The predicted octanol–water partition coefficient (Wildman–Crippen LogP) is 2.89. The maximum Gasteiger partial charge on any atom is 0.416 e. The van der Waals surface area contributed by atoms with E-state index in [1.54, 1.807) is 6.07 Å². The molecule has 2 nitrogen and oxygen atoms in total. The zero-order valence-corrected chi connectivity index (χ0v) is 10.5. The van der Waals surface area contributed by atoms with Gasteiger partial charge in [0.2, 0.25) is 0 Å². The second-order valence-electron chi connectivity index (χ2n) is 5.28. The molecule has 0 bridgehead atoms. The Kier molecular flexibility index (Phi) is 3.27. The van der Waals surface area contributed by atoms with E-state index in [4.69, 9.17) is 0 Å². The van der Waals surface area contributed by atoms with Crippen molar-refractivity contribution >= 4 is 5.69 Å². The molecule has 1 aliphatic heterocycles. The Hall–Kier alpha value is -1.23. The summed E-state index contributed by atoms with van der Waals surface area (Å²) in [6.45, 7) is 6.31. The summed E-state index contributed by atoms with van der Waals surface area (Å²) in [6.07, 6.45) is -4.28. The first-order valence-electron chi connectivity index (χ1n) is 5.95. The molecule has 0 spiro atoms. The summed E-state index contributed by atoms with van der Waals surface area (Å²) in [6, 6.07) is 5.53. The number of nitrogens with zero attached hydrogens (tertiary/aromatic N) is 1. The molecular weight excluding hydrogens is 241 g/mol. The highest BCUT2D eigenvalue weighted by atomic mass is 19.4. The summed E-state index contributed by atoms with van der Waals surface area (Å²) < 4.78 is 38.0. The summed E-state index contributed by atoms with van der Waals surface area (Å²) >= 11 is 0. The maximum absolute atomic E-state index is 12.7. The van der Waals surface area contributed by atoms with Crippen LogP contribution in [0, 0.1) is 0 Å². The molecule has 0 atom stereocenters. The number of rotatable bonds is 1. The van der Waals surface area contributed by atoms with Crippen LogP contribution in [-0.2, 0) is 6.18 Å². The SMILES string of the molecule is CC1(C)CN(c2cccc(C(F)(F)F)c2)CCN1. The third kappa shape index (κ3) is 2.96. The summed E-state index contributed by atoms with van der Waals surface area (Å²) in [5.41, 5.74) is -0.0253. The van der Waals surface area contributed by atoms with Crippen molar-refractivity contribution in [1.29, 1.82) is 0 Å². The van der Waals surface area contributed by atoms with Gasteiger partial charge < -0.3 is 10.2 Å². The molecule has 0 amide bonds. The Balaban J connectivity index is 2.23. The smallest absolute Gasteiger partial charge is 0.368 e. The van der Waals surface area contributed by atoms with E-state index < -0.39 is 11.7 Å². The third-order valence-corrected chi connectivity index (χ3v) is 3.11. The number of hydrogen-bond acceptors (Lipinski definition) is 2. The Bertz CT molecular complexity index is 426. The van der Waals surface area contributed by atoms with Gasteiger partial charge in [-0.05, 0) is 32.0 Å². The van der Waals surface area contributed by atoms with Gasteiger partial charge in [0.15, 0.2) is 0 Å². The third-order valence-electron chi connectivity index (χ3n) is 3.11. The van der Waals surface area contributed by atoms with Gasteiger partial charge >= 0.3 is 6.18 Å². The van der Waals surface area contributed by atoms with E-state index in [9.17, 15) is 13.2 Å². The number of piperazine rings is 1. The molecule has 0 saturated carbocycles. The number of hydrogen-bond donors (Lipinski definition) is 1. The number of nitrogens with one attached hydrogen (secondary N) is 1. The van der Waals surface area contributed by atoms with Crippen molar-refractivity contribution in [1.82, 2.24) is 5.32 Å². The number of halogens is 3. The lowest BCUT2D eigenvalue weighted by atomic mass is 10.0. The van der Waals surface area contributed by atoms with Gasteiger partial charge in [-0.1, -0.05) is 6.07 Å².